The van der Waals surface area contributed by atoms with E-state index in [0.717, 1.165) is 30.0 Å². The molecule has 6 heteroatoms. The Morgan fingerprint density at radius 3 is 2.92 bits per heavy atom. The van der Waals surface area contributed by atoms with Crippen LogP contribution < -0.4 is 10.9 Å². The SMILES string of the molecule is O=C(Cn1ccccc1=O)Nc1cccc(-c2cn3c(n2)CCCC3)c1. The normalized spacial score (nSPS) is 13.2. The van der Waals surface area contributed by atoms with E-state index >= 15 is 0 Å². The molecule has 26 heavy (non-hydrogen) atoms. The molecule has 0 aliphatic carbocycles. The highest BCUT2D eigenvalue weighted by Crippen LogP contribution is 2.24. The molecule has 0 radical (unpaired) electrons. The summed E-state index contributed by atoms with van der Waals surface area (Å²) in [5.41, 5.74) is 2.40. The Labute approximate surface area is 151 Å². The standard InChI is InChI=1S/C20H20N4O2/c25-19(14-24-11-4-2-9-20(24)26)21-16-7-5-6-15(12-16)17-13-23-10-3-1-8-18(23)22-17/h2,4-7,9,11-13H,1,3,8,10,14H2,(H,21,25). The van der Waals surface area contributed by atoms with Crippen molar-refractivity contribution in [1.29, 1.82) is 0 Å². The Balaban J connectivity index is 1.51. The number of aryl methyl sites for hydroxylation is 2. The van der Waals surface area contributed by atoms with Crippen LogP contribution in [-0.2, 0) is 24.3 Å². The van der Waals surface area contributed by atoms with Crippen molar-refractivity contribution in [1.82, 2.24) is 14.1 Å². The number of benzene rings is 1. The van der Waals surface area contributed by atoms with E-state index in [2.05, 4.69) is 16.1 Å². The number of pyridine rings is 1. The monoisotopic (exact) mass is 348 g/mol. The smallest absolute Gasteiger partial charge is 0.250 e. The molecule has 3 heterocycles. The lowest BCUT2D eigenvalue weighted by atomic mass is 10.1. The molecule has 1 N–H and O–H groups in total. The van der Waals surface area contributed by atoms with E-state index in [0.29, 0.717) is 5.69 Å². The van der Waals surface area contributed by atoms with Gasteiger partial charge in [0.15, 0.2) is 0 Å². The number of carbonyl (C=O) groups excluding carboxylic acids is 1. The molecule has 3 aromatic rings. The molecule has 0 fully saturated rings. The quantitative estimate of drug-likeness (QED) is 0.788. The molecule has 1 aromatic carbocycles. The minimum atomic E-state index is -0.236. The minimum absolute atomic E-state index is 0.0112. The van der Waals surface area contributed by atoms with Crippen molar-refractivity contribution in [3.63, 3.8) is 0 Å². The third kappa shape index (κ3) is 3.44. The summed E-state index contributed by atoms with van der Waals surface area (Å²) in [6, 6.07) is 12.5. The lowest BCUT2D eigenvalue weighted by Gasteiger charge is -2.11. The summed E-state index contributed by atoms with van der Waals surface area (Å²) in [6.07, 6.45) is 7.08. The number of aromatic nitrogens is 3. The Morgan fingerprint density at radius 1 is 1.15 bits per heavy atom. The predicted octanol–water partition coefficient (Wildman–Crippen LogP) is 2.69. The second-order valence-corrected chi connectivity index (χ2v) is 6.49. The number of imidazole rings is 1. The van der Waals surface area contributed by atoms with Crippen molar-refractivity contribution >= 4 is 11.6 Å². The molecule has 0 saturated carbocycles. The van der Waals surface area contributed by atoms with Gasteiger partial charge in [-0.25, -0.2) is 4.98 Å². The van der Waals surface area contributed by atoms with E-state index in [4.69, 9.17) is 4.98 Å². The molecule has 6 nitrogen and oxygen atoms in total. The first-order valence-corrected chi connectivity index (χ1v) is 8.81. The number of hydrogen-bond acceptors (Lipinski definition) is 3. The third-order valence-corrected chi connectivity index (χ3v) is 4.56. The maximum atomic E-state index is 12.3. The van der Waals surface area contributed by atoms with Crippen LogP contribution in [0.2, 0.25) is 0 Å². The molecule has 1 aliphatic heterocycles. The maximum Gasteiger partial charge on any atom is 0.250 e. The highest BCUT2D eigenvalue weighted by Gasteiger charge is 2.13. The molecule has 0 unspecified atom stereocenters. The van der Waals surface area contributed by atoms with E-state index in [9.17, 15) is 9.59 Å². The molecule has 0 spiro atoms. The zero-order valence-corrected chi connectivity index (χ0v) is 14.4. The molecule has 2 aromatic heterocycles. The molecule has 1 amide bonds. The van der Waals surface area contributed by atoms with Crippen LogP contribution in [-0.4, -0.2) is 20.0 Å². The van der Waals surface area contributed by atoms with Crippen LogP contribution in [0.25, 0.3) is 11.3 Å². The third-order valence-electron chi connectivity index (χ3n) is 4.56. The molecular formula is C20H20N4O2. The number of anilines is 1. The summed E-state index contributed by atoms with van der Waals surface area (Å²) in [7, 11) is 0. The van der Waals surface area contributed by atoms with E-state index in [1.54, 1.807) is 18.3 Å². The van der Waals surface area contributed by atoms with Gasteiger partial charge in [-0.3, -0.25) is 9.59 Å². The van der Waals surface area contributed by atoms with Gasteiger partial charge in [-0.2, -0.15) is 0 Å². The second kappa shape index (κ2) is 7.00. The minimum Gasteiger partial charge on any atom is -0.334 e. The van der Waals surface area contributed by atoms with Crippen LogP contribution in [0.4, 0.5) is 5.69 Å². The van der Waals surface area contributed by atoms with Crippen LogP contribution in [0.15, 0.2) is 59.7 Å². The Bertz CT molecular complexity index is 979. The zero-order valence-electron chi connectivity index (χ0n) is 14.4. The number of nitrogens with one attached hydrogen (secondary N) is 1. The summed E-state index contributed by atoms with van der Waals surface area (Å²) >= 11 is 0. The van der Waals surface area contributed by atoms with E-state index in [1.165, 1.54) is 23.5 Å². The average Bonchev–Trinajstić information content (AvgIpc) is 3.08. The van der Waals surface area contributed by atoms with Crippen molar-refractivity contribution < 1.29 is 4.79 Å². The second-order valence-electron chi connectivity index (χ2n) is 6.49. The lowest BCUT2D eigenvalue weighted by Crippen LogP contribution is -2.26. The molecule has 0 atom stereocenters. The van der Waals surface area contributed by atoms with Crippen LogP contribution >= 0.6 is 0 Å². The Morgan fingerprint density at radius 2 is 2.08 bits per heavy atom. The van der Waals surface area contributed by atoms with Gasteiger partial charge in [-0.05, 0) is 31.0 Å². The largest absolute Gasteiger partial charge is 0.334 e. The van der Waals surface area contributed by atoms with E-state index in [-0.39, 0.29) is 18.0 Å². The van der Waals surface area contributed by atoms with Crippen molar-refractivity contribution in [3.8, 4) is 11.3 Å². The summed E-state index contributed by atoms with van der Waals surface area (Å²) in [6.45, 7) is 1.01. The molecular weight excluding hydrogens is 328 g/mol. The zero-order chi connectivity index (χ0) is 17.9. The number of carbonyl (C=O) groups is 1. The highest BCUT2D eigenvalue weighted by molar-refractivity contribution is 5.91. The summed E-state index contributed by atoms with van der Waals surface area (Å²) in [5.74, 6) is 0.892. The number of amides is 1. The van der Waals surface area contributed by atoms with Crippen LogP contribution in [0.3, 0.4) is 0 Å². The van der Waals surface area contributed by atoms with Crippen LogP contribution in [0, 0.1) is 0 Å². The fourth-order valence-corrected chi connectivity index (χ4v) is 3.25. The fourth-order valence-electron chi connectivity index (χ4n) is 3.25. The van der Waals surface area contributed by atoms with Crippen molar-refractivity contribution in [2.45, 2.75) is 32.4 Å². The van der Waals surface area contributed by atoms with Crippen LogP contribution in [0.1, 0.15) is 18.7 Å². The first-order valence-electron chi connectivity index (χ1n) is 8.81. The van der Waals surface area contributed by atoms with Crippen molar-refractivity contribution in [2.24, 2.45) is 0 Å². The molecule has 0 saturated heterocycles. The number of rotatable bonds is 4. The first-order chi connectivity index (χ1) is 12.7. The summed E-state index contributed by atoms with van der Waals surface area (Å²) in [4.78, 5) is 28.7. The van der Waals surface area contributed by atoms with Gasteiger partial charge in [0.05, 0.1) is 5.69 Å². The van der Waals surface area contributed by atoms with Gasteiger partial charge < -0.3 is 14.5 Å². The molecule has 0 bridgehead atoms. The Kier molecular flexibility index (Phi) is 4.39. The maximum absolute atomic E-state index is 12.3. The van der Waals surface area contributed by atoms with Gasteiger partial charge >= 0.3 is 0 Å². The van der Waals surface area contributed by atoms with Gasteiger partial charge in [-0.15, -0.1) is 0 Å². The van der Waals surface area contributed by atoms with E-state index < -0.39 is 0 Å². The van der Waals surface area contributed by atoms with E-state index in [1.807, 2.05) is 24.3 Å². The van der Waals surface area contributed by atoms with Crippen LogP contribution in [0.5, 0.6) is 0 Å². The van der Waals surface area contributed by atoms with Gasteiger partial charge in [0.1, 0.15) is 12.4 Å². The molecule has 132 valence electrons. The van der Waals surface area contributed by atoms with Gasteiger partial charge in [0, 0.05) is 42.7 Å². The average molecular weight is 348 g/mol. The number of hydrogen-bond donors (Lipinski definition) is 1. The van der Waals surface area contributed by atoms with Gasteiger partial charge in [0.2, 0.25) is 5.91 Å². The van der Waals surface area contributed by atoms with Gasteiger partial charge in [0.25, 0.3) is 5.56 Å². The van der Waals surface area contributed by atoms with Crippen molar-refractivity contribution in [3.05, 3.63) is 71.0 Å². The molecule has 4 rings (SSSR count). The number of nitrogens with zero attached hydrogens (tertiary/aromatic N) is 3. The summed E-state index contributed by atoms with van der Waals surface area (Å²) < 4.78 is 3.59. The van der Waals surface area contributed by atoms with Crippen molar-refractivity contribution in [2.75, 3.05) is 5.32 Å². The highest BCUT2D eigenvalue weighted by atomic mass is 16.2. The predicted molar refractivity (Wildman–Crippen MR) is 99.9 cm³/mol. The number of fused-ring (bicyclic) bond motifs is 1. The topological polar surface area (TPSA) is 68.9 Å². The lowest BCUT2D eigenvalue weighted by molar-refractivity contribution is -0.116. The Hall–Kier alpha value is -3.15. The molecule has 1 aliphatic rings. The fraction of sp³-hybridized carbons (Fsp3) is 0.250. The van der Waals surface area contributed by atoms with Gasteiger partial charge in [-0.1, -0.05) is 18.2 Å². The first kappa shape index (κ1) is 16.3. The summed E-state index contributed by atoms with van der Waals surface area (Å²) in [5, 5.41) is 2.86.